The molecule has 1 aromatic heterocycles. The lowest BCUT2D eigenvalue weighted by atomic mass is 10.1. The van der Waals surface area contributed by atoms with Gasteiger partial charge in [0, 0.05) is 18.7 Å². The number of carbonyl (C=O) groups is 2. The van der Waals surface area contributed by atoms with Crippen LogP contribution in [-0.4, -0.2) is 38.4 Å². The Hall–Kier alpha value is -4.37. The summed E-state index contributed by atoms with van der Waals surface area (Å²) >= 11 is 0. The van der Waals surface area contributed by atoms with Crippen molar-refractivity contribution in [3.8, 4) is 23.7 Å². The zero-order valence-corrected chi connectivity index (χ0v) is 17.7. The van der Waals surface area contributed by atoms with Crippen molar-refractivity contribution < 1.29 is 14.7 Å². The molecule has 160 valence electrons. The number of aromatic carboxylic acids is 1. The maximum Gasteiger partial charge on any atom is 0.354 e. The van der Waals surface area contributed by atoms with Crippen molar-refractivity contribution in [1.82, 2.24) is 14.9 Å². The number of hydrogen-bond acceptors (Lipinski definition) is 3. The predicted molar refractivity (Wildman–Crippen MR) is 124 cm³/mol. The van der Waals surface area contributed by atoms with Crippen LogP contribution in [-0.2, 0) is 6.54 Å². The lowest BCUT2D eigenvalue weighted by Gasteiger charge is -2.23. The molecule has 0 atom stereocenters. The lowest BCUT2D eigenvalue weighted by Crippen LogP contribution is -2.33. The Bertz CT molecular complexity index is 1190. The molecule has 0 spiro atoms. The van der Waals surface area contributed by atoms with Gasteiger partial charge in [0.2, 0.25) is 0 Å². The molecule has 0 fully saturated rings. The van der Waals surface area contributed by atoms with E-state index in [1.165, 1.54) is 4.90 Å². The van der Waals surface area contributed by atoms with Gasteiger partial charge in [0.15, 0.2) is 11.4 Å². The number of nitrogens with zero attached hydrogens (tertiary/aromatic N) is 2. The normalized spacial score (nSPS) is 11.3. The highest BCUT2D eigenvalue weighted by molar-refractivity contribution is 6.03. The molecule has 0 aliphatic carbocycles. The first-order valence-electron chi connectivity index (χ1n) is 10.0. The number of imidazole rings is 1. The Morgan fingerprint density at radius 2 is 1.78 bits per heavy atom. The molecule has 0 radical (unpaired) electrons. The van der Waals surface area contributed by atoms with E-state index in [4.69, 9.17) is 6.42 Å². The summed E-state index contributed by atoms with van der Waals surface area (Å²) in [5, 5.41) is 9.71. The average Bonchev–Trinajstić information content (AvgIpc) is 3.26. The molecule has 3 rings (SSSR count). The van der Waals surface area contributed by atoms with Gasteiger partial charge in [0.1, 0.15) is 5.82 Å². The number of allylic oxidation sites excluding steroid dienone is 2. The molecule has 0 unspecified atom stereocenters. The maximum absolute atomic E-state index is 13.5. The van der Waals surface area contributed by atoms with Crippen LogP contribution in [0.1, 0.15) is 33.5 Å². The molecule has 2 aromatic carbocycles. The van der Waals surface area contributed by atoms with Gasteiger partial charge < -0.3 is 15.0 Å². The first-order valence-corrected chi connectivity index (χ1v) is 10.0. The fourth-order valence-corrected chi connectivity index (χ4v) is 3.26. The monoisotopic (exact) mass is 425 g/mol. The van der Waals surface area contributed by atoms with Gasteiger partial charge in [0.05, 0.1) is 0 Å². The second-order valence-corrected chi connectivity index (χ2v) is 7.01. The van der Waals surface area contributed by atoms with E-state index in [-0.39, 0.29) is 24.5 Å². The Kier molecular flexibility index (Phi) is 7.39. The van der Waals surface area contributed by atoms with Crippen molar-refractivity contribution in [2.45, 2.75) is 13.5 Å². The van der Waals surface area contributed by atoms with Gasteiger partial charge in [0.25, 0.3) is 5.91 Å². The van der Waals surface area contributed by atoms with Crippen molar-refractivity contribution >= 4 is 11.9 Å². The molecule has 0 bridgehead atoms. The zero-order chi connectivity index (χ0) is 22.9. The third-order valence-electron chi connectivity index (χ3n) is 4.69. The van der Waals surface area contributed by atoms with Crippen molar-refractivity contribution in [2.24, 2.45) is 0 Å². The summed E-state index contributed by atoms with van der Waals surface area (Å²) in [6.45, 7) is 2.33. The standard InChI is InChI=1S/C26H23N3O3/c1-3-11-19(12-4-2)17-29(18-20-13-7-5-8-14-20)25(30)22-23(26(31)32)28-24(27-22)21-15-9-6-10-16-21/h1,4-16H,17-18H2,2H3,(H,27,28)(H,31,32)/b12-4-,19-11+. The number of rotatable bonds is 8. The summed E-state index contributed by atoms with van der Waals surface area (Å²) in [4.78, 5) is 34.1. The Labute approximate surface area is 186 Å². The van der Waals surface area contributed by atoms with Crippen LogP contribution in [0.25, 0.3) is 11.4 Å². The second kappa shape index (κ2) is 10.6. The van der Waals surface area contributed by atoms with E-state index in [1.807, 2.05) is 67.6 Å². The second-order valence-electron chi connectivity index (χ2n) is 7.01. The number of H-pyrrole nitrogens is 1. The van der Waals surface area contributed by atoms with Crippen molar-refractivity contribution in [3.63, 3.8) is 0 Å². The summed E-state index contributed by atoms with van der Waals surface area (Å²) < 4.78 is 0. The molecule has 1 amide bonds. The number of aromatic amines is 1. The molecule has 6 nitrogen and oxygen atoms in total. The quantitative estimate of drug-likeness (QED) is 0.409. The summed E-state index contributed by atoms with van der Waals surface area (Å²) in [6.07, 6.45) is 10.7. The van der Waals surface area contributed by atoms with Crippen LogP contribution in [0.2, 0.25) is 0 Å². The smallest absolute Gasteiger partial charge is 0.354 e. The average molecular weight is 425 g/mol. The van der Waals surface area contributed by atoms with Gasteiger partial charge in [-0.3, -0.25) is 4.79 Å². The summed E-state index contributed by atoms with van der Waals surface area (Å²) in [6, 6.07) is 18.5. The summed E-state index contributed by atoms with van der Waals surface area (Å²) in [7, 11) is 0. The van der Waals surface area contributed by atoms with E-state index >= 15 is 0 Å². The molecule has 0 aliphatic heterocycles. The molecule has 0 aliphatic rings. The molecule has 1 heterocycles. The number of benzene rings is 2. The van der Waals surface area contributed by atoms with Crippen LogP contribution in [0.15, 0.2) is 84.5 Å². The molecule has 0 saturated heterocycles. The number of carboxylic acid groups (broad SMARTS) is 1. The van der Waals surface area contributed by atoms with Gasteiger partial charge in [-0.1, -0.05) is 78.7 Å². The summed E-state index contributed by atoms with van der Waals surface area (Å²) in [5.41, 5.74) is 1.94. The maximum atomic E-state index is 13.5. The third-order valence-corrected chi connectivity index (χ3v) is 4.69. The number of nitrogens with one attached hydrogen (secondary N) is 1. The topological polar surface area (TPSA) is 86.3 Å². The SMILES string of the molecule is C#C/C=C(\C=C/C)CN(Cc1ccccc1)C(=O)c1nc(-c2ccccc2)[nH]c1C(=O)O. The Morgan fingerprint density at radius 1 is 1.12 bits per heavy atom. The number of carboxylic acids is 1. The molecular formula is C26H23N3O3. The highest BCUT2D eigenvalue weighted by Gasteiger charge is 2.27. The van der Waals surface area contributed by atoms with Crippen molar-refractivity contribution in [2.75, 3.05) is 6.54 Å². The van der Waals surface area contributed by atoms with E-state index in [1.54, 1.807) is 18.2 Å². The fraction of sp³-hybridized carbons (Fsp3) is 0.115. The minimum absolute atomic E-state index is 0.146. The molecular weight excluding hydrogens is 402 g/mol. The highest BCUT2D eigenvalue weighted by atomic mass is 16.4. The minimum Gasteiger partial charge on any atom is -0.477 e. The number of amides is 1. The molecule has 0 saturated carbocycles. The van der Waals surface area contributed by atoms with E-state index in [0.717, 1.165) is 11.1 Å². The number of terminal acetylenes is 1. The van der Waals surface area contributed by atoms with Gasteiger partial charge >= 0.3 is 5.97 Å². The molecule has 2 N–H and O–H groups in total. The van der Waals surface area contributed by atoms with Crippen LogP contribution in [0.4, 0.5) is 0 Å². The predicted octanol–water partition coefficient (Wildman–Crippen LogP) is 4.55. The van der Waals surface area contributed by atoms with E-state index in [2.05, 4.69) is 15.9 Å². The van der Waals surface area contributed by atoms with E-state index in [9.17, 15) is 14.7 Å². The first kappa shape index (κ1) is 22.3. The van der Waals surface area contributed by atoms with E-state index in [0.29, 0.717) is 11.4 Å². The first-order chi connectivity index (χ1) is 15.5. The number of aromatic nitrogens is 2. The fourth-order valence-electron chi connectivity index (χ4n) is 3.26. The van der Waals surface area contributed by atoms with Crippen LogP contribution in [0.3, 0.4) is 0 Å². The minimum atomic E-state index is -1.25. The van der Waals surface area contributed by atoms with Crippen LogP contribution >= 0.6 is 0 Å². The molecule has 3 aromatic rings. The van der Waals surface area contributed by atoms with Crippen LogP contribution < -0.4 is 0 Å². The van der Waals surface area contributed by atoms with Crippen LogP contribution in [0, 0.1) is 12.3 Å². The third kappa shape index (κ3) is 5.41. The summed E-state index contributed by atoms with van der Waals surface area (Å²) in [5.74, 6) is 1.05. The van der Waals surface area contributed by atoms with Gasteiger partial charge in [-0.25, -0.2) is 9.78 Å². The Balaban J connectivity index is 2.03. The zero-order valence-electron chi connectivity index (χ0n) is 17.7. The van der Waals surface area contributed by atoms with E-state index < -0.39 is 11.9 Å². The number of carbonyl (C=O) groups excluding carboxylic acids is 1. The van der Waals surface area contributed by atoms with Crippen molar-refractivity contribution in [3.05, 3.63) is 101 Å². The van der Waals surface area contributed by atoms with Gasteiger partial charge in [-0.2, -0.15) is 0 Å². The van der Waals surface area contributed by atoms with Gasteiger partial charge in [-0.05, 0) is 24.1 Å². The largest absolute Gasteiger partial charge is 0.477 e. The Morgan fingerprint density at radius 3 is 2.38 bits per heavy atom. The van der Waals surface area contributed by atoms with Crippen molar-refractivity contribution in [1.29, 1.82) is 0 Å². The molecule has 6 heteroatoms. The van der Waals surface area contributed by atoms with Gasteiger partial charge in [-0.15, -0.1) is 6.42 Å². The lowest BCUT2D eigenvalue weighted by molar-refractivity contribution is 0.0669. The number of hydrogen-bond donors (Lipinski definition) is 2. The highest BCUT2D eigenvalue weighted by Crippen LogP contribution is 2.21. The van der Waals surface area contributed by atoms with Crippen LogP contribution in [0.5, 0.6) is 0 Å². The molecule has 32 heavy (non-hydrogen) atoms.